The lowest BCUT2D eigenvalue weighted by Crippen LogP contribution is -2.29. The fourth-order valence-electron chi connectivity index (χ4n) is 3.02. The number of aromatic hydroxyl groups is 1. The van der Waals surface area contributed by atoms with E-state index in [-0.39, 0.29) is 23.4 Å². The van der Waals surface area contributed by atoms with E-state index in [0.29, 0.717) is 34.2 Å². The standard InChI is InChI=1S/C19H16N4O3S/c1-2-22-16(14-9-5-6-10-15(14)24)20-21-19(22)27-11-23-17(25)12-7-3-4-8-13(12)18(23)26/h3-10,24H,2,11H2,1H3. The van der Waals surface area contributed by atoms with Crippen molar-refractivity contribution >= 4 is 23.6 Å². The number of aromatic nitrogens is 3. The monoisotopic (exact) mass is 380 g/mol. The van der Waals surface area contributed by atoms with E-state index in [1.54, 1.807) is 42.5 Å². The second kappa shape index (κ2) is 6.88. The maximum atomic E-state index is 12.5. The summed E-state index contributed by atoms with van der Waals surface area (Å²) in [6.45, 7) is 2.53. The molecule has 4 rings (SSSR count). The zero-order valence-electron chi connectivity index (χ0n) is 14.5. The number of benzene rings is 2. The van der Waals surface area contributed by atoms with Crippen LogP contribution in [0.4, 0.5) is 0 Å². The molecule has 2 amide bonds. The summed E-state index contributed by atoms with van der Waals surface area (Å²) >= 11 is 1.26. The van der Waals surface area contributed by atoms with Gasteiger partial charge in [0.15, 0.2) is 11.0 Å². The van der Waals surface area contributed by atoms with Crippen molar-refractivity contribution < 1.29 is 14.7 Å². The molecule has 0 aliphatic carbocycles. The Morgan fingerprint density at radius 2 is 1.52 bits per heavy atom. The van der Waals surface area contributed by atoms with E-state index in [9.17, 15) is 14.7 Å². The van der Waals surface area contributed by atoms with Crippen molar-refractivity contribution in [1.82, 2.24) is 19.7 Å². The molecule has 2 aromatic carbocycles. The summed E-state index contributed by atoms with van der Waals surface area (Å²) in [5.74, 6) is 0.209. The number of thioether (sulfide) groups is 1. The van der Waals surface area contributed by atoms with Crippen LogP contribution in [-0.4, -0.2) is 42.5 Å². The molecule has 0 spiro atoms. The molecule has 136 valence electrons. The van der Waals surface area contributed by atoms with Crippen LogP contribution >= 0.6 is 11.8 Å². The van der Waals surface area contributed by atoms with Gasteiger partial charge in [0.2, 0.25) is 0 Å². The topological polar surface area (TPSA) is 88.3 Å². The van der Waals surface area contributed by atoms with Gasteiger partial charge >= 0.3 is 0 Å². The summed E-state index contributed by atoms with van der Waals surface area (Å²) in [6.07, 6.45) is 0. The molecule has 0 unspecified atom stereocenters. The highest BCUT2D eigenvalue weighted by molar-refractivity contribution is 7.99. The number of nitrogens with zero attached hydrogens (tertiary/aromatic N) is 4. The molecule has 1 aliphatic heterocycles. The van der Waals surface area contributed by atoms with Gasteiger partial charge in [-0.25, -0.2) is 0 Å². The van der Waals surface area contributed by atoms with E-state index < -0.39 is 0 Å². The van der Waals surface area contributed by atoms with Crippen molar-refractivity contribution in [2.24, 2.45) is 0 Å². The Labute approximate surface area is 159 Å². The first kappa shape index (κ1) is 17.3. The molecule has 0 radical (unpaired) electrons. The van der Waals surface area contributed by atoms with Crippen molar-refractivity contribution in [1.29, 1.82) is 0 Å². The number of fused-ring (bicyclic) bond motifs is 1. The maximum Gasteiger partial charge on any atom is 0.262 e. The van der Waals surface area contributed by atoms with Gasteiger partial charge in [-0.15, -0.1) is 10.2 Å². The summed E-state index contributed by atoms with van der Waals surface area (Å²) in [5, 5.41) is 19.0. The Morgan fingerprint density at radius 3 is 2.11 bits per heavy atom. The second-order valence-corrected chi connectivity index (χ2v) is 6.84. The lowest BCUT2D eigenvalue weighted by atomic mass is 10.1. The van der Waals surface area contributed by atoms with E-state index in [2.05, 4.69) is 10.2 Å². The molecular weight excluding hydrogens is 364 g/mol. The number of phenolic OH excluding ortho intramolecular Hbond substituents is 1. The third-order valence-electron chi connectivity index (χ3n) is 4.38. The molecular formula is C19H16N4O3S. The van der Waals surface area contributed by atoms with Crippen LogP contribution in [0.3, 0.4) is 0 Å². The first-order valence-corrected chi connectivity index (χ1v) is 9.40. The van der Waals surface area contributed by atoms with Gasteiger partial charge in [-0.3, -0.25) is 14.5 Å². The van der Waals surface area contributed by atoms with Gasteiger partial charge in [0, 0.05) is 6.54 Å². The number of para-hydroxylation sites is 1. The third kappa shape index (κ3) is 2.87. The number of hydrogen-bond acceptors (Lipinski definition) is 6. The summed E-state index contributed by atoms with van der Waals surface area (Å²) in [6, 6.07) is 13.7. The van der Waals surface area contributed by atoms with Crippen molar-refractivity contribution in [2.45, 2.75) is 18.6 Å². The minimum atomic E-state index is -0.299. The van der Waals surface area contributed by atoms with Gasteiger partial charge in [-0.05, 0) is 31.2 Å². The lowest BCUT2D eigenvalue weighted by Gasteiger charge is -2.13. The van der Waals surface area contributed by atoms with Crippen LogP contribution in [0.5, 0.6) is 5.75 Å². The number of hydrogen-bond donors (Lipinski definition) is 1. The van der Waals surface area contributed by atoms with E-state index >= 15 is 0 Å². The van der Waals surface area contributed by atoms with Gasteiger partial charge in [0.25, 0.3) is 11.8 Å². The third-order valence-corrected chi connectivity index (χ3v) is 5.33. The fourth-order valence-corrected chi connectivity index (χ4v) is 3.97. The molecule has 3 aromatic rings. The van der Waals surface area contributed by atoms with E-state index in [0.717, 1.165) is 0 Å². The minimum Gasteiger partial charge on any atom is -0.507 e. The zero-order chi connectivity index (χ0) is 19.0. The Bertz CT molecular complexity index is 1010. The van der Waals surface area contributed by atoms with Gasteiger partial charge in [-0.1, -0.05) is 36.0 Å². The number of carbonyl (C=O) groups is 2. The Kier molecular flexibility index (Phi) is 4.41. The number of amides is 2. The molecule has 0 saturated carbocycles. The highest BCUT2D eigenvalue weighted by Gasteiger charge is 2.35. The molecule has 7 nitrogen and oxygen atoms in total. The summed E-state index contributed by atoms with van der Waals surface area (Å²) < 4.78 is 1.85. The van der Waals surface area contributed by atoms with Crippen LogP contribution in [0.25, 0.3) is 11.4 Å². The first-order valence-electron chi connectivity index (χ1n) is 8.41. The molecule has 1 N–H and O–H groups in total. The van der Waals surface area contributed by atoms with E-state index in [1.807, 2.05) is 17.6 Å². The van der Waals surface area contributed by atoms with Gasteiger partial charge in [0.05, 0.1) is 22.6 Å². The number of rotatable bonds is 5. The molecule has 2 heterocycles. The average molecular weight is 380 g/mol. The van der Waals surface area contributed by atoms with Crippen molar-refractivity contribution in [2.75, 3.05) is 5.88 Å². The Morgan fingerprint density at radius 1 is 0.926 bits per heavy atom. The van der Waals surface area contributed by atoms with Crippen molar-refractivity contribution in [3.05, 3.63) is 59.7 Å². The normalized spacial score (nSPS) is 13.3. The molecule has 0 saturated heterocycles. The minimum absolute atomic E-state index is 0.122. The molecule has 0 bridgehead atoms. The Hall–Kier alpha value is -3.13. The first-order chi connectivity index (χ1) is 13.1. The smallest absolute Gasteiger partial charge is 0.262 e. The highest BCUT2D eigenvalue weighted by Crippen LogP contribution is 2.31. The fraction of sp³-hybridized carbons (Fsp3) is 0.158. The van der Waals surface area contributed by atoms with Crippen LogP contribution in [0.15, 0.2) is 53.7 Å². The van der Waals surface area contributed by atoms with E-state index in [1.165, 1.54) is 16.7 Å². The SMILES string of the molecule is CCn1c(SCN2C(=O)c3ccccc3C2=O)nnc1-c1ccccc1O. The largest absolute Gasteiger partial charge is 0.507 e. The van der Waals surface area contributed by atoms with Gasteiger partial charge in [0.1, 0.15) is 5.75 Å². The van der Waals surface area contributed by atoms with Crippen LogP contribution < -0.4 is 0 Å². The summed E-state index contributed by atoms with van der Waals surface area (Å²) in [4.78, 5) is 26.2. The average Bonchev–Trinajstić information content (AvgIpc) is 3.20. The van der Waals surface area contributed by atoms with Crippen LogP contribution in [0.2, 0.25) is 0 Å². The number of imide groups is 1. The lowest BCUT2D eigenvalue weighted by molar-refractivity contribution is 0.0684. The maximum absolute atomic E-state index is 12.5. The van der Waals surface area contributed by atoms with Crippen molar-refractivity contribution in [3.63, 3.8) is 0 Å². The van der Waals surface area contributed by atoms with Crippen LogP contribution in [0.1, 0.15) is 27.6 Å². The summed E-state index contributed by atoms with van der Waals surface area (Å²) in [7, 11) is 0. The highest BCUT2D eigenvalue weighted by atomic mass is 32.2. The quantitative estimate of drug-likeness (QED) is 0.541. The van der Waals surface area contributed by atoms with Crippen molar-refractivity contribution in [3.8, 4) is 17.1 Å². The predicted molar refractivity (Wildman–Crippen MR) is 100 cm³/mol. The molecule has 0 atom stereocenters. The van der Waals surface area contributed by atoms with Crippen LogP contribution in [-0.2, 0) is 6.54 Å². The molecule has 1 aliphatic rings. The second-order valence-electron chi connectivity index (χ2n) is 5.92. The number of carbonyl (C=O) groups excluding carboxylic acids is 2. The predicted octanol–water partition coefficient (Wildman–Crippen LogP) is 3.02. The molecule has 1 aromatic heterocycles. The molecule has 27 heavy (non-hydrogen) atoms. The van der Waals surface area contributed by atoms with Gasteiger partial charge in [-0.2, -0.15) is 0 Å². The Balaban J connectivity index is 1.58. The van der Waals surface area contributed by atoms with Crippen LogP contribution in [0, 0.1) is 0 Å². The molecule has 8 heteroatoms. The molecule has 0 fully saturated rings. The van der Waals surface area contributed by atoms with E-state index in [4.69, 9.17) is 0 Å². The van der Waals surface area contributed by atoms with Gasteiger partial charge < -0.3 is 9.67 Å². The zero-order valence-corrected chi connectivity index (χ0v) is 15.3. The number of phenols is 1. The summed E-state index contributed by atoms with van der Waals surface area (Å²) in [5.41, 5.74) is 1.43.